The summed E-state index contributed by atoms with van der Waals surface area (Å²) in [6.45, 7) is 4.76. The lowest BCUT2D eigenvalue weighted by atomic mass is 9.69. The second-order valence-corrected chi connectivity index (χ2v) is 12.0. The molecule has 2 N–H and O–H groups in total. The topological polar surface area (TPSA) is 100.0 Å². The monoisotopic (exact) mass is 503 g/mol. The Kier molecular flexibility index (Phi) is 5.87. The van der Waals surface area contributed by atoms with Crippen LogP contribution in [0.3, 0.4) is 0 Å². The molecule has 4 heterocycles. The van der Waals surface area contributed by atoms with Crippen molar-refractivity contribution in [2.75, 3.05) is 11.2 Å². The van der Waals surface area contributed by atoms with E-state index in [1.54, 1.807) is 12.3 Å². The zero-order chi connectivity index (χ0) is 24.9. The lowest BCUT2D eigenvalue weighted by molar-refractivity contribution is 0.0766. The highest BCUT2D eigenvalue weighted by molar-refractivity contribution is 7.98. The summed E-state index contributed by atoms with van der Waals surface area (Å²) in [5, 5.41) is 32.8. The minimum Gasteiger partial charge on any atom is -0.507 e. The third-order valence-corrected chi connectivity index (χ3v) is 8.61. The van der Waals surface area contributed by atoms with Crippen molar-refractivity contribution in [3.63, 3.8) is 0 Å². The van der Waals surface area contributed by atoms with Crippen LogP contribution in [0.5, 0.6) is 5.75 Å². The highest BCUT2D eigenvalue weighted by Gasteiger charge is 2.49. The number of piperidine rings is 2. The Hall–Kier alpha value is -2.78. The Bertz CT molecular complexity index is 1250. The number of hydrogen-bond acceptors (Lipinski definition) is 9. The summed E-state index contributed by atoms with van der Waals surface area (Å²) < 4.78 is 0. The number of thioether (sulfide) groups is 1. The number of benzene rings is 1. The lowest BCUT2D eigenvalue weighted by Gasteiger charge is -2.55. The van der Waals surface area contributed by atoms with Crippen molar-refractivity contribution < 1.29 is 5.11 Å². The molecule has 8 nitrogen and oxygen atoms in total. The Balaban J connectivity index is 1.25. The zero-order valence-electron chi connectivity index (χ0n) is 21.1. The molecule has 9 heteroatoms. The van der Waals surface area contributed by atoms with Gasteiger partial charge in [-0.15, -0.1) is 27.1 Å². The van der Waals surface area contributed by atoms with Gasteiger partial charge in [0.1, 0.15) is 10.8 Å². The molecule has 1 saturated carbocycles. The van der Waals surface area contributed by atoms with Crippen LogP contribution in [-0.2, 0) is 0 Å². The van der Waals surface area contributed by atoms with Crippen molar-refractivity contribution >= 4 is 17.6 Å². The number of nitrogens with one attached hydrogen (secondary N) is 1. The van der Waals surface area contributed by atoms with Gasteiger partial charge in [-0.1, -0.05) is 6.07 Å². The average Bonchev–Trinajstić information content (AvgIpc) is 3.69. The molecule has 0 amide bonds. The largest absolute Gasteiger partial charge is 0.507 e. The maximum absolute atomic E-state index is 10.8. The molecule has 2 saturated heterocycles. The number of aromatic nitrogens is 5. The summed E-state index contributed by atoms with van der Waals surface area (Å²) in [7, 11) is 0. The molecule has 3 aromatic rings. The van der Waals surface area contributed by atoms with Gasteiger partial charge in [-0.05, 0) is 88.8 Å². The van der Waals surface area contributed by atoms with Crippen molar-refractivity contribution in [3.05, 3.63) is 36.7 Å². The van der Waals surface area contributed by atoms with Gasteiger partial charge in [0.15, 0.2) is 11.6 Å². The van der Waals surface area contributed by atoms with E-state index in [1.165, 1.54) is 43.9 Å². The van der Waals surface area contributed by atoms with E-state index in [0.717, 1.165) is 34.8 Å². The highest BCUT2D eigenvalue weighted by atomic mass is 32.2. The van der Waals surface area contributed by atoms with Gasteiger partial charge < -0.3 is 15.3 Å². The normalized spacial score (nSPS) is 27.6. The van der Waals surface area contributed by atoms with Gasteiger partial charge in [0.05, 0.1) is 18.0 Å². The van der Waals surface area contributed by atoms with Gasteiger partial charge in [-0.2, -0.15) is 5.10 Å². The van der Waals surface area contributed by atoms with E-state index in [1.807, 2.05) is 30.7 Å². The van der Waals surface area contributed by atoms with Crippen molar-refractivity contribution in [3.8, 4) is 28.3 Å². The number of hydrogen-bond donors (Lipinski definition) is 2. The fourth-order valence-electron chi connectivity index (χ4n) is 6.38. The van der Waals surface area contributed by atoms with E-state index in [-0.39, 0.29) is 16.8 Å². The minimum absolute atomic E-state index is 0.121. The van der Waals surface area contributed by atoms with Crippen molar-refractivity contribution in [2.24, 2.45) is 0 Å². The van der Waals surface area contributed by atoms with Gasteiger partial charge in [0, 0.05) is 28.7 Å². The minimum atomic E-state index is 0.121. The van der Waals surface area contributed by atoms with E-state index in [9.17, 15) is 5.11 Å². The average molecular weight is 504 g/mol. The molecule has 1 unspecified atom stereocenters. The molecule has 6 rings (SSSR count). The van der Waals surface area contributed by atoms with Crippen molar-refractivity contribution in [2.45, 2.75) is 87.0 Å². The molecule has 36 heavy (non-hydrogen) atoms. The number of phenols is 1. The van der Waals surface area contributed by atoms with Crippen LogP contribution in [0, 0.1) is 0 Å². The van der Waals surface area contributed by atoms with Crippen LogP contribution in [0.25, 0.3) is 22.5 Å². The smallest absolute Gasteiger partial charge is 0.185 e. The van der Waals surface area contributed by atoms with Crippen LogP contribution < -0.4 is 10.2 Å². The fraction of sp³-hybridized carbons (Fsp3) is 0.519. The highest BCUT2D eigenvalue weighted by Crippen LogP contribution is 2.45. The maximum atomic E-state index is 10.8. The summed E-state index contributed by atoms with van der Waals surface area (Å²) >= 11 is 1.53. The Morgan fingerprint density at radius 2 is 1.75 bits per heavy atom. The van der Waals surface area contributed by atoms with E-state index in [0.29, 0.717) is 23.5 Å². The molecule has 0 spiro atoms. The number of nitrogens with zero attached hydrogens (tertiary/aromatic N) is 6. The quantitative estimate of drug-likeness (QED) is 0.457. The number of anilines is 1. The van der Waals surface area contributed by atoms with Gasteiger partial charge in [-0.3, -0.25) is 0 Å². The van der Waals surface area contributed by atoms with Gasteiger partial charge in [0.2, 0.25) is 0 Å². The molecular weight excluding hydrogens is 470 g/mol. The van der Waals surface area contributed by atoms with Crippen molar-refractivity contribution in [1.29, 1.82) is 0 Å². The zero-order valence-corrected chi connectivity index (χ0v) is 21.9. The summed E-state index contributed by atoms with van der Waals surface area (Å²) in [4.78, 5) is 7.15. The number of aromatic hydroxyl groups is 1. The molecule has 2 aliphatic heterocycles. The lowest BCUT2D eigenvalue weighted by Crippen LogP contribution is -2.67. The second-order valence-electron chi connectivity index (χ2n) is 11.2. The van der Waals surface area contributed by atoms with Crippen LogP contribution in [0.1, 0.15) is 58.8 Å². The first-order valence-corrected chi connectivity index (χ1v) is 14.1. The van der Waals surface area contributed by atoms with Crippen LogP contribution >= 0.6 is 11.8 Å². The van der Waals surface area contributed by atoms with Crippen LogP contribution in [0.4, 0.5) is 5.82 Å². The Morgan fingerprint density at radius 3 is 2.39 bits per heavy atom. The molecule has 2 bridgehead atoms. The molecule has 188 valence electrons. The van der Waals surface area contributed by atoms with E-state index >= 15 is 0 Å². The van der Waals surface area contributed by atoms with Gasteiger partial charge in [-0.25, -0.2) is 4.98 Å². The van der Waals surface area contributed by atoms with E-state index in [2.05, 4.69) is 49.4 Å². The maximum Gasteiger partial charge on any atom is 0.185 e. The first-order valence-electron chi connectivity index (χ1n) is 12.8. The third kappa shape index (κ3) is 4.54. The summed E-state index contributed by atoms with van der Waals surface area (Å²) in [5.74, 6) is 1.40. The Morgan fingerprint density at radius 1 is 0.972 bits per heavy atom. The number of phenolic OH excluding ortho intramolecular Hbond substituents is 1. The molecule has 0 radical (unpaired) electrons. The van der Waals surface area contributed by atoms with Crippen LogP contribution in [0.2, 0.25) is 0 Å². The first kappa shape index (κ1) is 23.6. The van der Waals surface area contributed by atoms with Crippen LogP contribution in [0.15, 0.2) is 41.7 Å². The van der Waals surface area contributed by atoms with Crippen LogP contribution in [-0.4, -0.2) is 59.9 Å². The SMILES string of the molecule is CSc1cc(-c2ccc(-c3ncc(N(C4CC4)C4C[C@]5(C)CCC[C@](C)(C4)N5)nn3)c(O)c2)cnn1. The second kappa shape index (κ2) is 8.95. The van der Waals surface area contributed by atoms with Gasteiger partial charge >= 0.3 is 0 Å². The first-order chi connectivity index (χ1) is 17.3. The summed E-state index contributed by atoms with van der Waals surface area (Å²) in [6.07, 6.45) is 13.9. The predicted octanol–water partition coefficient (Wildman–Crippen LogP) is 4.85. The Labute approximate surface area is 216 Å². The van der Waals surface area contributed by atoms with E-state index in [4.69, 9.17) is 0 Å². The molecule has 3 fully saturated rings. The third-order valence-electron chi connectivity index (χ3n) is 7.99. The summed E-state index contributed by atoms with van der Waals surface area (Å²) in [5.41, 5.74) is 2.69. The number of rotatable bonds is 6. The fourth-order valence-corrected chi connectivity index (χ4v) is 6.75. The van der Waals surface area contributed by atoms with E-state index < -0.39 is 0 Å². The molecule has 3 atom stereocenters. The predicted molar refractivity (Wildman–Crippen MR) is 142 cm³/mol. The molecule has 1 aromatic carbocycles. The van der Waals surface area contributed by atoms with Gasteiger partial charge in [0.25, 0.3) is 0 Å². The molecule has 3 aliphatic rings. The molecule has 1 aliphatic carbocycles. The standard InChI is InChI=1S/C27H33N7OS/c1-26-9-4-10-27(2,33-26)14-20(13-26)34(19-6-7-19)23-16-28-25(32-30-23)21-8-5-17(11-22(21)35)18-12-24(36-3)31-29-15-18/h5,8,11-12,15-16,19-20,33,35H,4,6-7,9-10,13-14H2,1-3H3/t20?,26-,27+. The number of fused-ring (bicyclic) bond motifs is 2. The van der Waals surface area contributed by atoms with Crippen molar-refractivity contribution in [1.82, 2.24) is 30.7 Å². The summed E-state index contributed by atoms with van der Waals surface area (Å²) in [6, 6.07) is 8.42. The molecular formula is C27H33N7OS. The molecule has 2 aromatic heterocycles.